The molecule has 7 nitrogen and oxygen atoms in total. The summed E-state index contributed by atoms with van der Waals surface area (Å²) >= 11 is 14.4. The summed E-state index contributed by atoms with van der Waals surface area (Å²) in [5.41, 5.74) is 2.51. The van der Waals surface area contributed by atoms with Crippen molar-refractivity contribution in [1.82, 2.24) is 13.8 Å². The van der Waals surface area contributed by atoms with Crippen LogP contribution in [-0.2, 0) is 21.3 Å². The summed E-state index contributed by atoms with van der Waals surface area (Å²) in [5, 5.41) is 3.30. The van der Waals surface area contributed by atoms with Crippen LogP contribution in [0.15, 0.2) is 57.7 Å². The number of hydrogen-bond acceptors (Lipinski definition) is 6. The van der Waals surface area contributed by atoms with E-state index in [1.54, 1.807) is 30.3 Å². The monoisotopic (exact) mass is 582 g/mol. The molecule has 2 aromatic carbocycles. The van der Waals surface area contributed by atoms with Gasteiger partial charge in [-0.3, -0.25) is 0 Å². The van der Waals surface area contributed by atoms with Gasteiger partial charge in [0.25, 0.3) is 0 Å². The van der Waals surface area contributed by atoms with E-state index < -0.39 is 10.0 Å². The van der Waals surface area contributed by atoms with Crippen molar-refractivity contribution in [1.29, 1.82) is 0 Å². The maximum atomic E-state index is 13.0. The number of rotatable bonds is 10. The summed E-state index contributed by atoms with van der Waals surface area (Å²) < 4.78 is 34.9. The van der Waals surface area contributed by atoms with E-state index in [0.29, 0.717) is 42.0 Å². The number of morpholine rings is 1. The van der Waals surface area contributed by atoms with Gasteiger partial charge in [0.1, 0.15) is 0 Å². The third-order valence-electron chi connectivity index (χ3n) is 6.42. The second-order valence-corrected chi connectivity index (χ2v) is 12.3. The van der Waals surface area contributed by atoms with E-state index in [1.165, 1.54) is 15.6 Å². The van der Waals surface area contributed by atoms with Gasteiger partial charge < -0.3 is 14.2 Å². The van der Waals surface area contributed by atoms with Gasteiger partial charge in [0.05, 0.1) is 34.5 Å². The number of nitrogens with zero attached hydrogens (tertiary/aromatic N) is 4. The van der Waals surface area contributed by atoms with Crippen molar-refractivity contribution in [2.45, 2.75) is 31.7 Å². The number of hydrogen-bond donors (Lipinski definition) is 0. The van der Waals surface area contributed by atoms with Crippen LogP contribution in [0.2, 0.25) is 10.0 Å². The van der Waals surface area contributed by atoms with Gasteiger partial charge in [-0.25, -0.2) is 13.4 Å². The Balaban J connectivity index is 1.66. The molecule has 0 bridgehead atoms. The Bertz CT molecular complexity index is 1360. The molecule has 0 amide bonds. The van der Waals surface area contributed by atoms with E-state index in [9.17, 15) is 8.42 Å². The number of sulfonamides is 1. The van der Waals surface area contributed by atoms with Crippen LogP contribution >= 0.6 is 34.5 Å². The highest BCUT2D eigenvalue weighted by atomic mass is 35.5. The molecular formula is C26H32Cl2N4O3S2. The topological polar surface area (TPSA) is 67.1 Å². The molecule has 0 aliphatic carbocycles. The number of benzene rings is 2. The van der Waals surface area contributed by atoms with E-state index in [-0.39, 0.29) is 4.90 Å². The van der Waals surface area contributed by atoms with E-state index in [0.717, 1.165) is 48.7 Å². The van der Waals surface area contributed by atoms with Crippen LogP contribution in [0.3, 0.4) is 0 Å². The average Bonchev–Trinajstić information content (AvgIpc) is 3.30. The highest BCUT2D eigenvalue weighted by molar-refractivity contribution is 7.89. The Hall–Kier alpha value is -1.72. The maximum Gasteiger partial charge on any atom is 0.243 e. The van der Waals surface area contributed by atoms with Gasteiger partial charge >= 0.3 is 0 Å². The van der Waals surface area contributed by atoms with Crippen LogP contribution in [0.1, 0.15) is 20.3 Å². The van der Waals surface area contributed by atoms with Crippen LogP contribution in [-0.4, -0.2) is 68.1 Å². The first-order valence-electron chi connectivity index (χ1n) is 12.4. The Labute approximate surface area is 233 Å². The second kappa shape index (κ2) is 12.9. The highest BCUT2D eigenvalue weighted by Gasteiger charge is 2.26. The van der Waals surface area contributed by atoms with E-state index in [4.69, 9.17) is 32.9 Å². The molecule has 4 rings (SSSR count). The normalized spacial score (nSPS) is 15.5. The first kappa shape index (κ1) is 28.3. The number of halogens is 2. The lowest BCUT2D eigenvalue weighted by molar-refractivity contribution is 0.0730. The molecule has 1 aliphatic rings. The van der Waals surface area contributed by atoms with E-state index >= 15 is 0 Å². The van der Waals surface area contributed by atoms with Crippen LogP contribution < -0.4 is 4.80 Å². The van der Waals surface area contributed by atoms with Crippen molar-refractivity contribution < 1.29 is 13.2 Å². The Morgan fingerprint density at radius 3 is 2.43 bits per heavy atom. The predicted molar refractivity (Wildman–Crippen MR) is 151 cm³/mol. The van der Waals surface area contributed by atoms with Gasteiger partial charge in [0.15, 0.2) is 4.80 Å². The summed E-state index contributed by atoms with van der Waals surface area (Å²) in [7, 11) is -3.55. The lowest BCUT2D eigenvalue weighted by Crippen LogP contribution is -2.40. The lowest BCUT2D eigenvalue weighted by atomic mass is 10.1. The third kappa shape index (κ3) is 6.84. The van der Waals surface area contributed by atoms with Crippen molar-refractivity contribution in [2.75, 3.05) is 45.9 Å². The summed E-state index contributed by atoms with van der Waals surface area (Å²) in [5.74, 6) is 0. The first-order valence-corrected chi connectivity index (χ1v) is 15.5. The van der Waals surface area contributed by atoms with Crippen molar-refractivity contribution in [3.05, 3.63) is 62.7 Å². The lowest BCUT2D eigenvalue weighted by Gasteiger charge is -2.26. The average molecular weight is 584 g/mol. The molecule has 0 spiro atoms. The summed E-state index contributed by atoms with van der Waals surface area (Å²) in [6, 6.07) is 12.2. The molecule has 1 fully saturated rings. The zero-order valence-corrected chi connectivity index (χ0v) is 24.2. The number of thiazole rings is 1. The highest BCUT2D eigenvalue weighted by Crippen LogP contribution is 2.31. The minimum Gasteiger partial charge on any atom is -0.379 e. The SMILES string of the molecule is CCN(CC)CCCn1c(-c2cc(Cl)ccc2Cl)csc1=Nc1ccc(S(=O)(=O)N2CCOCC2)cc1. The van der Waals surface area contributed by atoms with Crippen molar-refractivity contribution in [3.63, 3.8) is 0 Å². The zero-order valence-electron chi connectivity index (χ0n) is 21.1. The fourth-order valence-electron chi connectivity index (χ4n) is 4.28. The molecule has 37 heavy (non-hydrogen) atoms. The summed E-state index contributed by atoms with van der Waals surface area (Å²) in [6.07, 6.45) is 0.952. The minimum atomic E-state index is -3.55. The predicted octanol–water partition coefficient (Wildman–Crippen LogP) is 5.51. The molecule has 2 heterocycles. The quantitative estimate of drug-likeness (QED) is 0.316. The first-order chi connectivity index (χ1) is 17.8. The molecule has 1 saturated heterocycles. The fourth-order valence-corrected chi connectivity index (χ4v) is 7.02. The van der Waals surface area contributed by atoms with Gasteiger partial charge in [-0.15, -0.1) is 11.3 Å². The van der Waals surface area contributed by atoms with Gasteiger partial charge in [0, 0.05) is 35.6 Å². The third-order valence-corrected chi connectivity index (χ3v) is 9.76. The van der Waals surface area contributed by atoms with Crippen molar-refractivity contribution in [3.8, 4) is 11.3 Å². The molecule has 0 saturated carbocycles. The van der Waals surface area contributed by atoms with Gasteiger partial charge in [-0.05, 0) is 68.5 Å². The molecule has 0 radical (unpaired) electrons. The van der Waals surface area contributed by atoms with Crippen LogP contribution in [0.5, 0.6) is 0 Å². The van der Waals surface area contributed by atoms with Crippen molar-refractivity contribution in [2.24, 2.45) is 4.99 Å². The second-order valence-electron chi connectivity index (χ2n) is 8.68. The largest absolute Gasteiger partial charge is 0.379 e. The smallest absolute Gasteiger partial charge is 0.243 e. The molecule has 0 unspecified atom stereocenters. The van der Waals surface area contributed by atoms with Gasteiger partial charge in [-0.1, -0.05) is 37.0 Å². The summed E-state index contributed by atoms with van der Waals surface area (Å²) in [4.78, 5) is 8.35. The zero-order chi connectivity index (χ0) is 26.4. The van der Waals surface area contributed by atoms with E-state index in [1.807, 2.05) is 17.5 Å². The minimum absolute atomic E-state index is 0.262. The number of ether oxygens (including phenoxy) is 1. The van der Waals surface area contributed by atoms with E-state index in [2.05, 4.69) is 23.3 Å². The Kier molecular flexibility index (Phi) is 9.85. The fraction of sp³-hybridized carbons (Fsp3) is 0.423. The van der Waals surface area contributed by atoms with Crippen molar-refractivity contribution >= 4 is 50.2 Å². The summed E-state index contributed by atoms with van der Waals surface area (Å²) in [6.45, 7) is 9.66. The van der Waals surface area contributed by atoms with Crippen LogP contribution in [0.4, 0.5) is 5.69 Å². The molecule has 0 atom stereocenters. The molecule has 11 heteroatoms. The molecule has 0 N–H and O–H groups in total. The molecule has 200 valence electrons. The standard InChI is InChI=1S/C26H32Cl2N4O3S2/c1-3-30(4-2)12-5-13-32-25(23-18-20(27)6-11-24(23)28)19-36-26(32)29-21-7-9-22(10-8-21)37(33,34)31-14-16-35-17-15-31/h6-11,18-19H,3-5,12-17H2,1-2H3. The molecule has 3 aromatic rings. The molecule has 1 aromatic heterocycles. The Morgan fingerprint density at radius 1 is 1.05 bits per heavy atom. The molecular weight excluding hydrogens is 551 g/mol. The van der Waals surface area contributed by atoms with Gasteiger partial charge in [0.2, 0.25) is 10.0 Å². The Morgan fingerprint density at radius 2 is 1.76 bits per heavy atom. The maximum absolute atomic E-state index is 13.0. The van der Waals surface area contributed by atoms with Crippen LogP contribution in [0, 0.1) is 0 Å². The number of aromatic nitrogens is 1. The molecule has 1 aliphatic heterocycles. The van der Waals surface area contributed by atoms with Gasteiger partial charge in [-0.2, -0.15) is 4.31 Å². The van der Waals surface area contributed by atoms with Crippen LogP contribution in [0.25, 0.3) is 11.3 Å².